The molecule has 2 N–H and O–H groups in total. The molecule has 2 fully saturated rings. The molecule has 1 saturated carbocycles. The van der Waals surface area contributed by atoms with E-state index in [0.29, 0.717) is 24.7 Å². The Morgan fingerprint density at radius 3 is 2.43 bits per heavy atom. The van der Waals surface area contributed by atoms with E-state index in [1.807, 2.05) is 0 Å². The first-order chi connectivity index (χ1) is 10.3. The second-order valence-corrected chi connectivity index (χ2v) is 6.42. The highest BCUT2D eigenvalue weighted by atomic mass is 35.5. The van der Waals surface area contributed by atoms with Crippen molar-refractivity contribution in [2.24, 2.45) is 11.8 Å². The van der Waals surface area contributed by atoms with Crippen LogP contribution in [-0.2, 0) is 6.18 Å². The predicted octanol–water partition coefficient (Wildman–Crippen LogP) is 3.52. The Hall–Kier alpha value is -0.690. The Morgan fingerprint density at radius 1 is 1.17 bits per heavy atom. The van der Waals surface area contributed by atoms with E-state index >= 15 is 0 Å². The lowest BCUT2D eigenvalue weighted by Gasteiger charge is -2.35. The lowest BCUT2D eigenvalue weighted by Crippen LogP contribution is -2.42. The summed E-state index contributed by atoms with van der Waals surface area (Å²) in [5.41, 5.74) is -0.811. The first kappa shape index (κ1) is 18.6. The van der Waals surface area contributed by atoms with E-state index in [-0.39, 0.29) is 23.2 Å². The summed E-state index contributed by atoms with van der Waals surface area (Å²) < 4.78 is 43.6. The molecule has 1 aliphatic carbocycles. The Kier molecular flexibility index (Phi) is 5.72. The smallest absolute Gasteiger partial charge is 0.416 e. The zero-order valence-electron chi connectivity index (χ0n) is 12.1. The van der Waals surface area contributed by atoms with E-state index < -0.39 is 23.9 Å². The summed E-state index contributed by atoms with van der Waals surface area (Å²) in [7, 11) is 0. The zero-order chi connectivity index (χ0) is 15.9. The molecule has 130 valence electrons. The maximum Gasteiger partial charge on any atom is 0.416 e. The number of alkyl halides is 3. The van der Waals surface area contributed by atoms with Gasteiger partial charge in [-0.05, 0) is 56.0 Å². The Bertz CT molecular complexity index is 556. The molecule has 1 aromatic rings. The van der Waals surface area contributed by atoms with Crippen LogP contribution < -0.4 is 10.1 Å². The summed E-state index contributed by atoms with van der Waals surface area (Å²) in [5, 5.41) is 13.4. The van der Waals surface area contributed by atoms with Gasteiger partial charge in [-0.3, -0.25) is 0 Å². The van der Waals surface area contributed by atoms with Crippen LogP contribution in [0.15, 0.2) is 18.2 Å². The molecule has 0 bridgehead atoms. The van der Waals surface area contributed by atoms with Crippen LogP contribution in [0.3, 0.4) is 0 Å². The van der Waals surface area contributed by atoms with Crippen molar-refractivity contribution in [3.05, 3.63) is 28.8 Å². The Morgan fingerprint density at radius 2 is 1.83 bits per heavy atom. The number of aliphatic hydroxyl groups is 1. The number of ether oxygens (including phenoxy) is 1. The van der Waals surface area contributed by atoms with Crippen molar-refractivity contribution in [1.82, 2.24) is 5.32 Å². The minimum Gasteiger partial charge on any atom is -0.486 e. The van der Waals surface area contributed by atoms with Gasteiger partial charge in [0.25, 0.3) is 0 Å². The van der Waals surface area contributed by atoms with E-state index in [1.54, 1.807) is 0 Å². The SMILES string of the molecule is Cl.O[C@@H]1C[C@H]2CNC[C@H]2C[C@H]1Oc1ccc(C(F)(F)F)cc1Cl. The van der Waals surface area contributed by atoms with E-state index in [9.17, 15) is 18.3 Å². The highest BCUT2D eigenvalue weighted by Gasteiger charge is 2.40. The fraction of sp³-hybridized carbons (Fsp3) is 0.600. The zero-order valence-corrected chi connectivity index (χ0v) is 13.7. The van der Waals surface area contributed by atoms with Gasteiger partial charge in [0.15, 0.2) is 0 Å². The molecule has 1 saturated heterocycles. The first-order valence-electron chi connectivity index (χ1n) is 7.27. The second kappa shape index (κ2) is 7.05. The largest absolute Gasteiger partial charge is 0.486 e. The van der Waals surface area contributed by atoms with Crippen LogP contribution in [0.1, 0.15) is 18.4 Å². The van der Waals surface area contributed by atoms with Crippen molar-refractivity contribution in [3.8, 4) is 5.75 Å². The molecule has 1 aromatic carbocycles. The van der Waals surface area contributed by atoms with Crippen molar-refractivity contribution < 1.29 is 23.0 Å². The number of fused-ring (bicyclic) bond motifs is 1. The molecule has 4 atom stereocenters. The monoisotopic (exact) mass is 371 g/mol. The van der Waals surface area contributed by atoms with Crippen LogP contribution in [0.4, 0.5) is 13.2 Å². The average molecular weight is 372 g/mol. The summed E-state index contributed by atoms with van der Waals surface area (Å²) in [6.45, 7) is 1.79. The third-order valence-electron chi connectivity index (χ3n) is 4.53. The third-order valence-corrected chi connectivity index (χ3v) is 4.82. The minimum atomic E-state index is -4.44. The molecule has 1 aliphatic heterocycles. The number of aliphatic hydroxyl groups excluding tert-OH is 1. The molecular weight excluding hydrogens is 354 g/mol. The van der Waals surface area contributed by atoms with Crippen molar-refractivity contribution in [2.75, 3.05) is 13.1 Å². The fourth-order valence-electron chi connectivity index (χ4n) is 3.32. The predicted molar refractivity (Wildman–Crippen MR) is 83.2 cm³/mol. The van der Waals surface area contributed by atoms with E-state index in [4.69, 9.17) is 16.3 Å². The van der Waals surface area contributed by atoms with Gasteiger partial charge < -0.3 is 15.2 Å². The van der Waals surface area contributed by atoms with Gasteiger partial charge in [0.05, 0.1) is 16.7 Å². The summed E-state index contributed by atoms with van der Waals surface area (Å²) in [4.78, 5) is 0. The van der Waals surface area contributed by atoms with Crippen molar-refractivity contribution in [3.63, 3.8) is 0 Å². The minimum absolute atomic E-state index is 0. The molecule has 1 heterocycles. The van der Waals surface area contributed by atoms with E-state index in [1.165, 1.54) is 6.07 Å². The van der Waals surface area contributed by atoms with Crippen LogP contribution in [0.2, 0.25) is 5.02 Å². The molecule has 3 rings (SSSR count). The molecule has 3 nitrogen and oxygen atoms in total. The van der Waals surface area contributed by atoms with Crippen molar-refractivity contribution >= 4 is 24.0 Å². The topological polar surface area (TPSA) is 41.5 Å². The number of hydrogen-bond donors (Lipinski definition) is 2. The lowest BCUT2D eigenvalue weighted by molar-refractivity contribution is -0.137. The summed E-state index contributed by atoms with van der Waals surface area (Å²) in [6, 6.07) is 3.01. The van der Waals surface area contributed by atoms with Gasteiger partial charge in [0, 0.05) is 0 Å². The van der Waals surface area contributed by atoms with Crippen LogP contribution in [-0.4, -0.2) is 30.4 Å². The normalized spacial score (nSPS) is 30.5. The molecule has 0 radical (unpaired) electrons. The summed E-state index contributed by atoms with van der Waals surface area (Å²) in [5.74, 6) is 1.06. The van der Waals surface area contributed by atoms with Crippen LogP contribution in [0.5, 0.6) is 5.75 Å². The standard InChI is InChI=1S/C15H17ClF3NO2.ClH/c16-11-5-10(15(17,18)19)1-2-13(11)22-14-4-9-7-20-6-8(9)3-12(14)21;/h1-2,5,8-9,12,14,20-21H,3-4,6-7H2;1H/t8-,9+,12+,14+;/m0./s1. The maximum absolute atomic E-state index is 12.6. The van der Waals surface area contributed by atoms with E-state index in [2.05, 4.69) is 5.32 Å². The third kappa shape index (κ3) is 4.05. The molecule has 0 spiro atoms. The van der Waals surface area contributed by atoms with Gasteiger partial charge in [-0.1, -0.05) is 11.6 Å². The highest BCUT2D eigenvalue weighted by Crippen LogP contribution is 2.38. The first-order valence-corrected chi connectivity index (χ1v) is 7.64. The van der Waals surface area contributed by atoms with Crippen LogP contribution in [0, 0.1) is 11.8 Å². The number of rotatable bonds is 2. The van der Waals surface area contributed by atoms with Crippen molar-refractivity contribution in [1.29, 1.82) is 0 Å². The van der Waals surface area contributed by atoms with Crippen LogP contribution >= 0.6 is 24.0 Å². The lowest BCUT2D eigenvalue weighted by atomic mass is 9.78. The maximum atomic E-state index is 12.6. The number of benzene rings is 1. The average Bonchev–Trinajstić information content (AvgIpc) is 2.87. The summed E-state index contributed by atoms with van der Waals surface area (Å²) >= 11 is 5.89. The van der Waals surface area contributed by atoms with Crippen molar-refractivity contribution in [2.45, 2.75) is 31.2 Å². The van der Waals surface area contributed by atoms with E-state index in [0.717, 1.165) is 25.2 Å². The number of halogens is 5. The Labute approximate surface area is 143 Å². The highest BCUT2D eigenvalue weighted by molar-refractivity contribution is 6.32. The summed E-state index contributed by atoms with van der Waals surface area (Å²) in [6.07, 6.45) is -4.18. The van der Waals surface area contributed by atoms with Gasteiger partial charge in [-0.25, -0.2) is 0 Å². The quantitative estimate of drug-likeness (QED) is 0.835. The molecule has 23 heavy (non-hydrogen) atoms. The molecule has 8 heteroatoms. The van der Waals surface area contributed by atoms with Gasteiger partial charge in [0.1, 0.15) is 11.9 Å². The molecular formula is C15H18Cl2F3NO2. The molecule has 0 unspecified atom stereocenters. The second-order valence-electron chi connectivity index (χ2n) is 6.02. The van der Waals surface area contributed by atoms with Gasteiger partial charge in [0.2, 0.25) is 0 Å². The Balaban J connectivity index is 0.00000192. The van der Waals surface area contributed by atoms with Gasteiger partial charge in [-0.15, -0.1) is 12.4 Å². The van der Waals surface area contributed by atoms with Gasteiger partial charge >= 0.3 is 6.18 Å². The molecule has 0 aromatic heterocycles. The molecule has 0 amide bonds. The number of hydrogen-bond acceptors (Lipinski definition) is 3. The van der Waals surface area contributed by atoms with Crippen LogP contribution in [0.25, 0.3) is 0 Å². The number of nitrogens with one attached hydrogen (secondary N) is 1. The molecule has 2 aliphatic rings. The fourth-order valence-corrected chi connectivity index (χ4v) is 3.54. The van der Waals surface area contributed by atoms with Gasteiger partial charge in [-0.2, -0.15) is 13.2 Å².